The average Bonchev–Trinajstić information content (AvgIpc) is 2.37. The van der Waals surface area contributed by atoms with Crippen molar-refractivity contribution >= 4 is 15.7 Å². The summed E-state index contributed by atoms with van der Waals surface area (Å²) in [7, 11) is -3.18. The van der Waals surface area contributed by atoms with Gasteiger partial charge in [-0.25, -0.2) is 12.8 Å². The van der Waals surface area contributed by atoms with Crippen molar-refractivity contribution in [3.63, 3.8) is 0 Å². The van der Waals surface area contributed by atoms with Gasteiger partial charge < -0.3 is 10.0 Å². The lowest BCUT2D eigenvalue weighted by Gasteiger charge is -2.35. The van der Waals surface area contributed by atoms with Gasteiger partial charge in [-0.3, -0.25) is 0 Å². The lowest BCUT2D eigenvalue weighted by Crippen LogP contribution is -2.48. The number of hydrogen-bond donors (Lipinski definition) is 1. The Labute approximate surface area is 118 Å². The van der Waals surface area contributed by atoms with Crippen LogP contribution in [0.4, 0.5) is 10.1 Å². The summed E-state index contributed by atoms with van der Waals surface area (Å²) >= 11 is 0. The first-order valence-corrected chi connectivity index (χ1v) is 8.31. The molecule has 1 fully saturated rings. The van der Waals surface area contributed by atoms with Crippen LogP contribution in [-0.4, -0.2) is 50.3 Å². The van der Waals surface area contributed by atoms with Crippen molar-refractivity contribution in [2.45, 2.75) is 13.0 Å². The molecular weight excluding hydrogens is 283 g/mol. The van der Waals surface area contributed by atoms with Gasteiger partial charge in [-0.15, -0.1) is 0 Å². The van der Waals surface area contributed by atoms with E-state index in [1.165, 1.54) is 16.6 Å². The average molecular weight is 302 g/mol. The Hall–Kier alpha value is -1.18. The van der Waals surface area contributed by atoms with Crippen LogP contribution in [0.2, 0.25) is 0 Å². The largest absolute Gasteiger partial charge is 0.389 e. The third-order valence-electron chi connectivity index (χ3n) is 3.50. The second-order valence-corrected chi connectivity index (χ2v) is 7.02. The lowest BCUT2D eigenvalue weighted by molar-refractivity contribution is 0.199. The van der Waals surface area contributed by atoms with E-state index in [0.717, 1.165) is 0 Å². The summed E-state index contributed by atoms with van der Waals surface area (Å²) in [5.41, 5.74) is 0.976. The maximum Gasteiger partial charge on any atom is 0.211 e. The number of sulfonamides is 1. The van der Waals surface area contributed by atoms with Gasteiger partial charge in [-0.2, -0.15) is 4.31 Å². The van der Waals surface area contributed by atoms with Crippen molar-refractivity contribution in [3.8, 4) is 0 Å². The number of aliphatic hydroxyl groups excluding tert-OH is 1. The SMILES string of the molecule is C[C@H](O)c1ccc(N2CCN(S(C)(=O)=O)CC2)c(F)c1. The number of hydrogen-bond acceptors (Lipinski definition) is 4. The van der Waals surface area contributed by atoms with Crippen molar-refractivity contribution < 1.29 is 17.9 Å². The zero-order valence-electron chi connectivity index (χ0n) is 11.6. The van der Waals surface area contributed by atoms with Crippen molar-refractivity contribution in [2.24, 2.45) is 0 Å². The first-order chi connectivity index (χ1) is 9.29. The Morgan fingerprint density at radius 2 is 1.85 bits per heavy atom. The maximum atomic E-state index is 14.0. The van der Waals surface area contributed by atoms with Crippen LogP contribution in [-0.2, 0) is 10.0 Å². The van der Waals surface area contributed by atoms with Gasteiger partial charge in [0.1, 0.15) is 5.82 Å². The van der Waals surface area contributed by atoms with E-state index >= 15 is 0 Å². The predicted molar refractivity (Wildman–Crippen MR) is 75.7 cm³/mol. The third kappa shape index (κ3) is 3.28. The minimum absolute atomic E-state index is 0.358. The molecule has 0 unspecified atom stereocenters. The zero-order chi connectivity index (χ0) is 14.9. The van der Waals surface area contributed by atoms with Gasteiger partial charge in [0, 0.05) is 26.2 Å². The van der Waals surface area contributed by atoms with Crippen molar-refractivity contribution in [2.75, 3.05) is 37.3 Å². The van der Waals surface area contributed by atoms with Crippen molar-refractivity contribution in [1.29, 1.82) is 0 Å². The minimum Gasteiger partial charge on any atom is -0.389 e. The number of anilines is 1. The third-order valence-corrected chi connectivity index (χ3v) is 4.81. The molecule has 0 bridgehead atoms. The predicted octanol–water partition coefficient (Wildman–Crippen LogP) is 0.961. The molecule has 2 rings (SSSR count). The summed E-state index contributed by atoms with van der Waals surface area (Å²) in [4.78, 5) is 1.82. The molecule has 1 atom stereocenters. The van der Waals surface area contributed by atoms with Gasteiger partial charge in [0.25, 0.3) is 0 Å². The fourth-order valence-electron chi connectivity index (χ4n) is 2.30. The molecule has 0 spiro atoms. The lowest BCUT2D eigenvalue weighted by atomic mass is 10.1. The zero-order valence-corrected chi connectivity index (χ0v) is 12.4. The second-order valence-electron chi connectivity index (χ2n) is 5.04. The molecule has 1 aliphatic heterocycles. The fraction of sp³-hybridized carbons (Fsp3) is 0.538. The Bertz CT molecular complexity index is 581. The summed E-state index contributed by atoms with van der Waals surface area (Å²) in [6.07, 6.45) is 0.473. The van der Waals surface area contributed by atoms with E-state index in [1.807, 2.05) is 4.90 Å². The molecule has 0 radical (unpaired) electrons. The molecule has 1 N–H and O–H groups in total. The molecule has 1 aromatic rings. The smallest absolute Gasteiger partial charge is 0.211 e. The van der Waals surface area contributed by atoms with Crippen LogP contribution in [0.15, 0.2) is 18.2 Å². The summed E-state index contributed by atoms with van der Waals surface area (Å²) < 4.78 is 38.3. The summed E-state index contributed by atoms with van der Waals surface area (Å²) in [5, 5.41) is 9.42. The highest BCUT2D eigenvalue weighted by Gasteiger charge is 2.24. The van der Waals surface area contributed by atoms with Crippen LogP contribution in [0.1, 0.15) is 18.6 Å². The number of nitrogens with zero attached hydrogens (tertiary/aromatic N) is 2. The van der Waals surface area contributed by atoms with Crippen LogP contribution >= 0.6 is 0 Å². The highest BCUT2D eigenvalue weighted by Crippen LogP contribution is 2.24. The first kappa shape index (κ1) is 15.2. The second kappa shape index (κ2) is 5.67. The molecule has 1 aliphatic rings. The number of rotatable bonds is 3. The van der Waals surface area contributed by atoms with Gasteiger partial charge in [0.2, 0.25) is 10.0 Å². The van der Waals surface area contributed by atoms with Gasteiger partial charge in [-0.05, 0) is 24.6 Å². The van der Waals surface area contributed by atoms with Gasteiger partial charge in [0.05, 0.1) is 18.0 Å². The summed E-state index contributed by atoms with van der Waals surface area (Å²) in [6, 6.07) is 4.64. The van der Waals surface area contributed by atoms with Crippen LogP contribution in [0.3, 0.4) is 0 Å². The Kier molecular flexibility index (Phi) is 4.31. The van der Waals surface area contributed by atoms with Crippen LogP contribution in [0, 0.1) is 5.82 Å². The molecule has 7 heteroatoms. The van der Waals surface area contributed by atoms with Crippen molar-refractivity contribution in [1.82, 2.24) is 4.31 Å². The van der Waals surface area contributed by atoms with E-state index < -0.39 is 21.9 Å². The quantitative estimate of drug-likeness (QED) is 0.903. The van der Waals surface area contributed by atoms with E-state index in [2.05, 4.69) is 0 Å². The fourth-order valence-corrected chi connectivity index (χ4v) is 3.13. The molecule has 1 heterocycles. The molecule has 20 heavy (non-hydrogen) atoms. The molecule has 0 amide bonds. The van der Waals surface area contributed by atoms with Crippen molar-refractivity contribution in [3.05, 3.63) is 29.6 Å². The van der Waals surface area contributed by atoms with E-state index in [4.69, 9.17) is 0 Å². The Morgan fingerprint density at radius 1 is 1.25 bits per heavy atom. The number of piperazine rings is 1. The highest BCUT2D eigenvalue weighted by molar-refractivity contribution is 7.88. The monoisotopic (exact) mass is 302 g/mol. The topological polar surface area (TPSA) is 60.9 Å². The van der Waals surface area contributed by atoms with E-state index in [0.29, 0.717) is 37.4 Å². The standard InChI is InChI=1S/C13H19FN2O3S/c1-10(17)11-3-4-13(12(14)9-11)15-5-7-16(8-6-15)20(2,18)19/h3-4,9-10,17H,5-8H2,1-2H3/t10-/m0/s1. The molecule has 5 nitrogen and oxygen atoms in total. The Balaban J connectivity index is 2.11. The Morgan fingerprint density at radius 3 is 2.30 bits per heavy atom. The molecule has 112 valence electrons. The van der Waals surface area contributed by atoms with Gasteiger partial charge >= 0.3 is 0 Å². The molecule has 1 aromatic carbocycles. The van der Waals surface area contributed by atoms with E-state index in [-0.39, 0.29) is 0 Å². The first-order valence-electron chi connectivity index (χ1n) is 6.46. The molecule has 0 aliphatic carbocycles. The molecule has 0 aromatic heterocycles. The highest BCUT2D eigenvalue weighted by atomic mass is 32.2. The number of aliphatic hydroxyl groups is 1. The van der Waals surface area contributed by atoms with E-state index in [9.17, 15) is 17.9 Å². The number of halogens is 1. The molecule has 1 saturated heterocycles. The van der Waals surface area contributed by atoms with Crippen LogP contribution in [0.25, 0.3) is 0 Å². The minimum atomic E-state index is -3.18. The number of benzene rings is 1. The van der Waals surface area contributed by atoms with E-state index in [1.54, 1.807) is 19.1 Å². The summed E-state index contributed by atoms with van der Waals surface area (Å²) in [5.74, 6) is -0.392. The summed E-state index contributed by atoms with van der Waals surface area (Å²) in [6.45, 7) is 3.21. The maximum absolute atomic E-state index is 14.0. The van der Waals surface area contributed by atoms with Crippen LogP contribution in [0.5, 0.6) is 0 Å². The van der Waals surface area contributed by atoms with Gasteiger partial charge in [0.15, 0.2) is 0 Å². The molecular formula is C13H19FN2O3S. The normalized spacial score (nSPS) is 19.1. The van der Waals surface area contributed by atoms with Crippen LogP contribution < -0.4 is 4.90 Å². The van der Waals surface area contributed by atoms with Gasteiger partial charge in [-0.1, -0.05) is 6.07 Å². The molecule has 0 saturated carbocycles.